The van der Waals surface area contributed by atoms with Gasteiger partial charge in [0.05, 0.1) is 11.2 Å². The summed E-state index contributed by atoms with van der Waals surface area (Å²) in [5.41, 5.74) is -0.372. The van der Waals surface area contributed by atoms with Gasteiger partial charge in [-0.1, -0.05) is 18.2 Å². The highest BCUT2D eigenvalue weighted by Crippen LogP contribution is 2.38. The van der Waals surface area contributed by atoms with Gasteiger partial charge in [-0.25, -0.2) is 4.79 Å². The lowest BCUT2D eigenvalue weighted by Crippen LogP contribution is -2.41. The number of benzene rings is 1. The Morgan fingerprint density at radius 2 is 1.67 bits per heavy atom. The maximum absolute atomic E-state index is 12.4. The Hall–Kier alpha value is -2.13. The monoisotopic (exact) mass is 425 g/mol. The van der Waals surface area contributed by atoms with Crippen molar-refractivity contribution in [1.82, 2.24) is 5.32 Å². The van der Waals surface area contributed by atoms with Crippen LogP contribution in [0.5, 0.6) is 5.75 Å². The Labute approximate surface area is 177 Å². The summed E-state index contributed by atoms with van der Waals surface area (Å²) < 4.78 is 46.6. The molecule has 1 aliphatic rings. The SMILES string of the molecule is CC(C)(C)OC(=O)NCC(=Cc1ccc(OC(F)F)cc1)B1OC(C)(C)C(C)(C)O1. The summed E-state index contributed by atoms with van der Waals surface area (Å²) >= 11 is 0. The molecule has 1 aromatic rings. The number of alkyl halides is 2. The van der Waals surface area contributed by atoms with Crippen molar-refractivity contribution in [3.8, 4) is 5.75 Å². The average Bonchev–Trinajstić information content (AvgIpc) is 2.78. The topological polar surface area (TPSA) is 66.0 Å². The lowest BCUT2D eigenvalue weighted by molar-refractivity contribution is -0.0498. The van der Waals surface area contributed by atoms with Crippen LogP contribution in [-0.2, 0) is 14.0 Å². The van der Waals surface area contributed by atoms with Gasteiger partial charge in [-0.05, 0) is 71.6 Å². The molecule has 1 amide bonds. The number of hydrogen-bond acceptors (Lipinski definition) is 5. The molecule has 1 heterocycles. The molecule has 0 bridgehead atoms. The first-order valence-electron chi connectivity index (χ1n) is 9.76. The van der Waals surface area contributed by atoms with Crippen molar-refractivity contribution < 1.29 is 32.4 Å². The molecule has 1 N–H and O–H groups in total. The summed E-state index contributed by atoms with van der Waals surface area (Å²) in [5.74, 6) is 0.0613. The third-order valence-corrected chi connectivity index (χ3v) is 4.85. The third kappa shape index (κ3) is 6.70. The van der Waals surface area contributed by atoms with Gasteiger partial charge >= 0.3 is 19.8 Å². The molecule has 0 spiro atoms. The summed E-state index contributed by atoms with van der Waals surface area (Å²) in [6, 6.07) is 6.16. The largest absolute Gasteiger partial charge is 0.492 e. The first-order chi connectivity index (χ1) is 13.7. The quantitative estimate of drug-likeness (QED) is 0.662. The van der Waals surface area contributed by atoms with E-state index in [2.05, 4.69) is 10.1 Å². The van der Waals surface area contributed by atoms with Crippen LogP contribution in [0.25, 0.3) is 6.08 Å². The molecule has 2 rings (SSSR count). The van der Waals surface area contributed by atoms with Crippen molar-refractivity contribution in [3.05, 3.63) is 35.3 Å². The molecule has 1 fully saturated rings. The van der Waals surface area contributed by atoms with Crippen LogP contribution in [0.2, 0.25) is 0 Å². The first-order valence-corrected chi connectivity index (χ1v) is 9.76. The molecule has 0 aliphatic carbocycles. The zero-order valence-corrected chi connectivity index (χ0v) is 18.5. The Morgan fingerprint density at radius 1 is 1.13 bits per heavy atom. The van der Waals surface area contributed by atoms with Gasteiger partial charge in [0, 0.05) is 6.54 Å². The molecule has 30 heavy (non-hydrogen) atoms. The number of carbonyl (C=O) groups excluding carboxylic acids is 1. The maximum atomic E-state index is 12.4. The van der Waals surface area contributed by atoms with Crippen LogP contribution < -0.4 is 10.1 Å². The molecular weight excluding hydrogens is 395 g/mol. The fraction of sp³-hybridized carbons (Fsp3) is 0.571. The zero-order valence-electron chi connectivity index (χ0n) is 18.5. The van der Waals surface area contributed by atoms with Crippen molar-refractivity contribution in [1.29, 1.82) is 0 Å². The number of carbonyl (C=O) groups is 1. The standard InChI is InChI=1S/C21H30BF2NO5/c1-19(2,3)28-18(26)25-13-15(22-29-20(4,5)21(6,7)30-22)12-14-8-10-16(11-9-14)27-17(23)24/h8-12,17H,13H2,1-7H3,(H,25,26). The zero-order chi connectivity index (χ0) is 22.7. The van der Waals surface area contributed by atoms with Crippen LogP contribution >= 0.6 is 0 Å². The van der Waals surface area contributed by atoms with E-state index in [1.807, 2.05) is 27.7 Å². The van der Waals surface area contributed by atoms with Gasteiger partial charge in [0.25, 0.3) is 0 Å². The molecule has 6 nitrogen and oxygen atoms in total. The fourth-order valence-electron chi connectivity index (χ4n) is 2.64. The van der Waals surface area contributed by atoms with Gasteiger partial charge in [0.1, 0.15) is 11.4 Å². The lowest BCUT2D eigenvalue weighted by atomic mass is 9.77. The van der Waals surface area contributed by atoms with E-state index < -0.39 is 36.6 Å². The molecule has 0 saturated carbocycles. The Bertz CT molecular complexity index is 757. The van der Waals surface area contributed by atoms with Gasteiger partial charge in [-0.2, -0.15) is 8.78 Å². The van der Waals surface area contributed by atoms with Gasteiger partial charge in [-0.15, -0.1) is 0 Å². The van der Waals surface area contributed by atoms with E-state index in [1.165, 1.54) is 12.1 Å². The minimum Gasteiger partial charge on any atom is -0.444 e. The van der Waals surface area contributed by atoms with Crippen LogP contribution in [0.1, 0.15) is 54.0 Å². The highest BCUT2D eigenvalue weighted by Gasteiger charge is 2.52. The predicted octanol–water partition coefficient (Wildman–Crippen LogP) is 4.83. The van der Waals surface area contributed by atoms with Crippen LogP contribution in [0, 0.1) is 0 Å². The van der Waals surface area contributed by atoms with E-state index >= 15 is 0 Å². The van der Waals surface area contributed by atoms with E-state index in [4.69, 9.17) is 14.0 Å². The van der Waals surface area contributed by atoms with Crippen LogP contribution in [0.3, 0.4) is 0 Å². The molecule has 1 saturated heterocycles. The Kier molecular flexibility index (Phi) is 7.19. The number of ether oxygens (including phenoxy) is 2. The van der Waals surface area contributed by atoms with E-state index in [0.717, 1.165) is 0 Å². The average molecular weight is 425 g/mol. The van der Waals surface area contributed by atoms with Crippen LogP contribution in [0.15, 0.2) is 29.7 Å². The minimum absolute atomic E-state index is 0.0613. The molecule has 0 radical (unpaired) electrons. The molecule has 0 unspecified atom stereocenters. The van der Waals surface area contributed by atoms with Crippen molar-refractivity contribution in [3.63, 3.8) is 0 Å². The normalized spacial score (nSPS) is 18.5. The van der Waals surface area contributed by atoms with Gasteiger partial charge in [0.15, 0.2) is 0 Å². The van der Waals surface area contributed by atoms with Gasteiger partial charge in [0.2, 0.25) is 0 Å². The Balaban J connectivity index is 2.23. The second-order valence-corrected chi connectivity index (χ2v) is 9.11. The third-order valence-electron chi connectivity index (χ3n) is 4.85. The summed E-state index contributed by atoms with van der Waals surface area (Å²) in [4.78, 5) is 12.1. The van der Waals surface area contributed by atoms with Gasteiger partial charge < -0.3 is 24.1 Å². The summed E-state index contributed by atoms with van der Waals surface area (Å²) in [6.45, 7) is 10.3. The first kappa shape index (κ1) is 24.1. The molecule has 0 aromatic heterocycles. The smallest absolute Gasteiger partial charge is 0.444 e. The Morgan fingerprint density at radius 3 is 2.13 bits per heavy atom. The molecule has 0 atom stereocenters. The summed E-state index contributed by atoms with van der Waals surface area (Å²) in [5, 5.41) is 2.72. The molecular formula is C21H30BF2NO5. The molecule has 9 heteroatoms. The highest BCUT2D eigenvalue weighted by molar-refractivity contribution is 6.56. The molecule has 166 valence electrons. The second kappa shape index (κ2) is 8.94. The number of rotatable bonds is 6. The van der Waals surface area contributed by atoms with Crippen molar-refractivity contribution in [2.24, 2.45) is 0 Å². The van der Waals surface area contributed by atoms with Crippen molar-refractivity contribution >= 4 is 19.3 Å². The van der Waals surface area contributed by atoms with Crippen molar-refractivity contribution in [2.75, 3.05) is 6.54 Å². The maximum Gasteiger partial charge on any atom is 0.492 e. The van der Waals surface area contributed by atoms with E-state index in [1.54, 1.807) is 39.0 Å². The second-order valence-electron chi connectivity index (χ2n) is 9.11. The van der Waals surface area contributed by atoms with Gasteiger partial charge in [-0.3, -0.25) is 0 Å². The predicted molar refractivity (Wildman–Crippen MR) is 111 cm³/mol. The highest BCUT2D eigenvalue weighted by atomic mass is 19.3. The number of nitrogens with one attached hydrogen (secondary N) is 1. The fourth-order valence-corrected chi connectivity index (χ4v) is 2.64. The van der Waals surface area contributed by atoms with E-state index in [0.29, 0.717) is 11.0 Å². The van der Waals surface area contributed by atoms with Crippen LogP contribution in [0.4, 0.5) is 13.6 Å². The van der Waals surface area contributed by atoms with E-state index in [-0.39, 0.29) is 12.3 Å². The molecule has 1 aromatic carbocycles. The van der Waals surface area contributed by atoms with E-state index in [9.17, 15) is 13.6 Å². The number of amides is 1. The summed E-state index contributed by atoms with van der Waals surface area (Å²) in [7, 11) is -0.693. The van der Waals surface area contributed by atoms with Crippen molar-refractivity contribution in [2.45, 2.75) is 71.9 Å². The van der Waals surface area contributed by atoms with Crippen LogP contribution in [-0.4, -0.2) is 43.2 Å². The minimum atomic E-state index is -2.88. The molecule has 1 aliphatic heterocycles. The number of hydrogen-bond donors (Lipinski definition) is 1. The summed E-state index contributed by atoms with van der Waals surface area (Å²) in [6.07, 6.45) is 1.22. The number of halogens is 2. The number of alkyl carbamates (subject to hydrolysis) is 1. The lowest BCUT2D eigenvalue weighted by Gasteiger charge is -2.32.